The largest absolute Gasteiger partial charge is 0.444 e. The predicted octanol–water partition coefficient (Wildman–Crippen LogP) is 2.71. The molecule has 2 fully saturated rings. The molecule has 0 spiro atoms. The Morgan fingerprint density at radius 3 is 2.61 bits per heavy atom. The van der Waals surface area contributed by atoms with Crippen LogP contribution in [0.25, 0.3) is 22.3 Å². The summed E-state index contributed by atoms with van der Waals surface area (Å²) in [5.41, 5.74) is 1.24. The first-order chi connectivity index (χ1) is 14.9. The van der Waals surface area contributed by atoms with E-state index in [1.807, 2.05) is 54.7 Å². The fourth-order valence-corrected chi connectivity index (χ4v) is 3.61. The molecule has 164 valence electrons. The highest BCUT2D eigenvalue weighted by Crippen LogP contribution is 2.26. The number of carbonyl (C=O) groups excluding carboxylic acids is 1. The number of rotatable bonds is 3. The van der Waals surface area contributed by atoms with Gasteiger partial charge in [0.25, 0.3) is 0 Å². The number of aromatic nitrogens is 4. The predicted molar refractivity (Wildman–Crippen MR) is 113 cm³/mol. The maximum absolute atomic E-state index is 12.2. The molecule has 10 heteroatoms. The number of piperazine rings is 1. The quantitative estimate of drug-likeness (QED) is 0.630. The van der Waals surface area contributed by atoms with Crippen molar-refractivity contribution in [2.24, 2.45) is 0 Å². The van der Waals surface area contributed by atoms with Crippen molar-refractivity contribution in [2.75, 3.05) is 44.3 Å². The van der Waals surface area contributed by atoms with Gasteiger partial charge >= 0.3 is 12.1 Å². The second-order valence-electron chi connectivity index (χ2n) is 8.93. The van der Waals surface area contributed by atoms with Gasteiger partial charge in [0.15, 0.2) is 0 Å². The Balaban J connectivity index is 1.26. The molecule has 2 saturated heterocycles. The number of fused-ring (bicyclic) bond motifs is 1. The molecule has 0 atom stereocenters. The molecule has 5 rings (SSSR count). The van der Waals surface area contributed by atoms with Gasteiger partial charge in [-0.1, -0.05) is 17.3 Å². The molecule has 2 aliphatic heterocycles. The fourth-order valence-electron chi connectivity index (χ4n) is 3.61. The molecular weight excluding hydrogens is 400 g/mol. The number of hydrogen-bond acceptors (Lipinski definition) is 8. The molecule has 0 aliphatic carbocycles. The minimum atomic E-state index is -0.502. The number of hydrogen-bond donors (Lipinski definition) is 0. The third-order valence-electron chi connectivity index (χ3n) is 5.39. The summed E-state index contributed by atoms with van der Waals surface area (Å²) in [4.78, 5) is 20.5. The lowest BCUT2D eigenvalue weighted by molar-refractivity contribution is -0.0283. The summed E-state index contributed by atoms with van der Waals surface area (Å²) in [7, 11) is 0. The van der Waals surface area contributed by atoms with Crippen LogP contribution in [0.2, 0.25) is 0 Å². The van der Waals surface area contributed by atoms with Crippen molar-refractivity contribution in [3.63, 3.8) is 0 Å². The summed E-state index contributed by atoms with van der Waals surface area (Å²) in [5, 5.41) is 9.88. The number of anilines is 1. The average Bonchev–Trinajstić information content (AvgIpc) is 3.32. The highest BCUT2D eigenvalue weighted by atomic mass is 16.6. The van der Waals surface area contributed by atoms with E-state index in [0.29, 0.717) is 57.3 Å². The van der Waals surface area contributed by atoms with Gasteiger partial charge < -0.3 is 23.8 Å². The summed E-state index contributed by atoms with van der Waals surface area (Å²) in [6.07, 6.45) is 1.75. The first-order valence-electron chi connectivity index (χ1n) is 10.5. The highest BCUT2D eigenvalue weighted by Gasteiger charge is 2.28. The lowest BCUT2D eigenvalue weighted by Gasteiger charge is -2.34. The molecule has 0 N–H and O–H groups in total. The van der Waals surface area contributed by atoms with Gasteiger partial charge in [0.2, 0.25) is 5.82 Å². The third-order valence-corrected chi connectivity index (χ3v) is 5.39. The van der Waals surface area contributed by atoms with Crippen LogP contribution in [0, 0.1) is 0 Å². The zero-order valence-corrected chi connectivity index (χ0v) is 17.9. The molecule has 0 unspecified atom stereocenters. The standard InChI is InChI=1S/C21H26N6O4/c1-21(2,3)30-20(28)26-8-6-25(7-9-26)19-22-18(24-31-19)14-4-5-15-11-27(16-12-29-13-16)23-17(15)10-14/h4-5,10-11,16H,6-9,12-13H2,1-3H3. The molecule has 4 heterocycles. The lowest BCUT2D eigenvalue weighted by atomic mass is 10.1. The van der Waals surface area contributed by atoms with Crippen LogP contribution in [-0.2, 0) is 9.47 Å². The van der Waals surface area contributed by atoms with E-state index in [0.717, 1.165) is 16.5 Å². The summed E-state index contributed by atoms with van der Waals surface area (Å²) in [6.45, 7) is 9.30. The van der Waals surface area contributed by atoms with Crippen LogP contribution in [0.15, 0.2) is 28.9 Å². The van der Waals surface area contributed by atoms with Crippen molar-refractivity contribution >= 4 is 23.0 Å². The van der Waals surface area contributed by atoms with Crippen molar-refractivity contribution < 1.29 is 18.8 Å². The molecule has 0 bridgehead atoms. The number of ether oxygens (including phenoxy) is 2. The fraction of sp³-hybridized carbons (Fsp3) is 0.524. The maximum atomic E-state index is 12.2. The molecule has 1 aromatic carbocycles. The Morgan fingerprint density at radius 2 is 1.94 bits per heavy atom. The van der Waals surface area contributed by atoms with Crippen molar-refractivity contribution in [1.29, 1.82) is 0 Å². The third kappa shape index (κ3) is 4.07. The summed E-state index contributed by atoms with van der Waals surface area (Å²) in [6, 6.07) is 6.73. The van der Waals surface area contributed by atoms with Gasteiger partial charge in [-0.25, -0.2) is 4.79 Å². The van der Waals surface area contributed by atoms with Gasteiger partial charge in [-0.2, -0.15) is 10.1 Å². The zero-order chi connectivity index (χ0) is 21.6. The SMILES string of the molecule is CC(C)(C)OC(=O)N1CCN(c2nc(-c3ccc4cn(C5COC5)nc4c3)no2)CC1. The van der Waals surface area contributed by atoms with Crippen molar-refractivity contribution in [1.82, 2.24) is 24.8 Å². The molecule has 3 aromatic rings. The average molecular weight is 426 g/mol. The number of carbonyl (C=O) groups is 1. The number of amides is 1. The zero-order valence-electron chi connectivity index (χ0n) is 17.9. The van der Waals surface area contributed by atoms with Crippen LogP contribution in [0.3, 0.4) is 0 Å². The summed E-state index contributed by atoms with van der Waals surface area (Å²) < 4.78 is 18.2. The maximum Gasteiger partial charge on any atom is 0.410 e. The van der Waals surface area contributed by atoms with Crippen LogP contribution >= 0.6 is 0 Å². The van der Waals surface area contributed by atoms with E-state index >= 15 is 0 Å². The van der Waals surface area contributed by atoms with Gasteiger partial charge in [-0.05, 0) is 26.8 Å². The summed E-state index contributed by atoms with van der Waals surface area (Å²) >= 11 is 0. The Kier molecular flexibility index (Phi) is 4.81. The van der Waals surface area contributed by atoms with Crippen LogP contribution in [-0.4, -0.2) is 75.9 Å². The second kappa shape index (κ2) is 7.52. The Bertz CT molecular complexity index is 1090. The first-order valence-corrected chi connectivity index (χ1v) is 10.5. The molecule has 0 radical (unpaired) electrons. The van der Waals surface area contributed by atoms with E-state index in [1.54, 1.807) is 4.90 Å². The molecule has 2 aromatic heterocycles. The number of benzene rings is 1. The van der Waals surface area contributed by atoms with E-state index in [1.165, 1.54) is 0 Å². The summed E-state index contributed by atoms with van der Waals surface area (Å²) in [5.74, 6) is 0.521. The number of nitrogens with zero attached hydrogens (tertiary/aromatic N) is 6. The first kappa shape index (κ1) is 19.8. The van der Waals surface area contributed by atoms with Crippen LogP contribution < -0.4 is 4.90 Å². The van der Waals surface area contributed by atoms with E-state index in [-0.39, 0.29) is 6.09 Å². The monoisotopic (exact) mass is 426 g/mol. The Labute approximate surface area is 179 Å². The van der Waals surface area contributed by atoms with E-state index in [9.17, 15) is 4.79 Å². The molecule has 1 amide bonds. The topological polar surface area (TPSA) is 98.8 Å². The second-order valence-corrected chi connectivity index (χ2v) is 8.93. The van der Waals surface area contributed by atoms with Crippen molar-refractivity contribution in [2.45, 2.75) is 32.4 Å². The molecular formula is C21H26N6O4. The van der Waals surface area contributed by atoms with Gasteiger partial charge in [0, 0.05) is 43.3 Å². The van der Waals surface area contributed by atoms with Crippen LogP contribution in [0.4, 0.5) is 10.8 Å². The van der Waals surface area contributed by atoms with Gasteiger partial charge in [-0.15, -0.1) is 0 Å². The van der Waals surface area contributed by atoms with E-state index < -0.39 is 5.60 Å². The van der Waals surface area contributed by atoms with E-state index in [4.69, 9.17) is 14.0 Å². The normalized spacial score (nSPS) is 17.8. The molecule has 0 saturated carbocycles. The highest BCUT2D eigenvalue weighted by molar-refractivity contribution is 5.82. The minimum Gasteiger partial charge on any atom is -0.444 e. The van der Waals surface area contributed by atoms with Crippen molar-refractivity contribution in [3.8, 4) is 11.4 Å². The lowest BCUT2D eigenvalue weighted by Crippen LogP contribution is -2.50. The van der Waals surface area contributed by atoms with E-state index in [2.05, 4.69) is 15.2 Å². The minimum absolute atomic E-state index is 0.292. The van der Waals surface area contributed by atoms with Crippen molar-refractivity contribution in [3.05, 3.63) is 24.4 Å². The molecule has 10 nitrogen and oxygen atoms in total. The van der Waals surface area contributed by atoms with Crippen LogP contribution in [0.5, 0.6) is 0 Å². The molecule has 31 heavy (non-hydrogen) atoms. The Hall–Kier alpha value is -3.14. The Morgan fingerprint density at radius 1 is 1.16 bits per heavy atom. The van der Waals surface area contributed by atoms with Gasteiger partial charge in [0.1, 0.15) is 5.60 Å². The smallest absolute Gasteiger partial charge is 0.410 e. The van der Waals surface area contributed by atoms with Crippen LogP contribution in [0.1, 0.15) is 26.8 Å². The van der Waals surface area contributed by atoms with Gasteiger partial charge in [0.05, 0.1) is 24.8 Å². The molecule has 2 aliphatic rings. The van der Waals surface area contributed by atoms with Gasteiger partial charge in [-0.3, -0.25) is 4.68 Å².